The van der Waals surface area contributed by atoms with Crippen molar-refractivity contribution in [2.75, 3.05) is 5.32 Å². The highest BCUT2D eigenvalue weighted by atomic mass is 35.5. The number of rotatable bonds is 4. The van der Waals surface area contributed by atoms with Gasteiger partial charge in [0.15, 0.2) is 0 Å². The third-order valence-corrected chi connectivity index (χ3v) is 2.25. The Labute approximate surface area is 97.6 Å². The highest BCUT2D eigenvalue weighted by Crippen LogP contribution is 2.11. The first-order chi connectivity index (χ1) is 7.78. The van der Waals surface area contributed by atoms with Crippen molar-refractivity contribution in [3.63, 3.8) is 0 Å². The molecule has 2 rings (SSSR count). The van der Waals surface area contributed by atoms with Crippen molar-refractivity contribution in [3.8, 4) is 0 Å². The van der Waals surface area contributed by atoms with Crippen LogP contribution in [-0.4, -0.2) is 10.2 Å². The van der Waals surface area contributed by atoms with E-state index in [1.807, 2.05) is 24.3 Å². The first kappa shape index (κ1) is 10.9. The molecule has 0 fully saturated rings. The van der Waals surface area contributed by atoms with Gasteiger partial charge in [0.25, 0.3) is 0 Å². The van der Waals surface area contributed by atoms with E-state index in [1.165, 1.54) is 0 Å². The number of benzene rings is 1. The molecule has 0 saturated carbocycles. The Bertz CT molecular complexity index is 454. The van der Waals surface area contributed by atoms with E-state index in [2.05, 4.69) is 15.5 Å². The molecular formula is C10H11ClN4O. The lowest BCUT2D eigenvalue weighted by Crippen LogP contribution is -1.99. The summed E-state index contributed by atoms with van der Waals surface area (Å²) in [6, 6.07) is 7.89. The van der Waals surface area contributed by atoms with Crippen LogP contribution in [0.2, 0.25) is 5.02 Å². The molecule has 0 amide bonds. The SMILES string of the molecule is NCc1nnc(NCc2ccc(Cl)cc2)o1. The van der Waals surface area contributed by atoms with E-state index in [-0.39, 0.29) is 6.54 Å². The third-order valence-electron chi connectivity index (χ3n) is 2.00. The first-order valence-corrected chi connectivity index (χ1v) is 5.16. The lowest BCUT2D eigenvalue weighted by Gasteiger charge is -2.01. The van der Waals surface area contributed by atoms with E-state index in [0.29, 0.717) is 23.5 Å². The average Bonchev–Trinajstić information content (AvgIpc) is 2.76. The highest BCUT2D eigenvalue weighted by Gasteiger charge is 2.03. The minimum Gasteiger partial charge on any atom is -0.407 e. The van der Waals surface area contributed by atoms with Crippen LogP contribution in [0.1, 0.15) is 11.5 Å². The van der Waals surface area contributed by atoms with Crippen LogP contribution >= 0.6 is 11.6 Å². The van der Waals surface area contributed by atoms with Gasteiger partial charge in [0.1, 0.15) is 0 Å². The molecule has 84 valence electrons. The molecule has 3 N–H and O–H groups in total. The van der Waals surface area contributed by atoms with Crippen LogP contribution < -0.4 is 11.1 Å². The van der Waals surface area contributed by atoms with Gasteiger partial charge in [0.05, 0.1) is 6.54 Å². The molecule has 1 aromatic heterocycles. The molecule has 0 aliphatic rings. The van der Waals surface area contributed by atoms with Crippen molar-refractivity contribution in [2.45, 2.75) is 13.1 Å². The van der Waals surface area contributed by atoms with Crippen molar-refractivity contribution in [3.05, 3.63) is 40.7 Å². The summed E-state index contributed by atoms with van der Waals surface area (Å²) in [7, 11) is 0. The predicted molar refractivity (Wildman–Crippen MR) is 61.0 cm³/mol. The van der Waals surface area contributed by atoms with Crippen LogP contribution in [0.5, 0.6) is 0 Å². The first-order valence-electron chi connectivity index (χ1n) is 4.78. The van der Waals surface area contributed by atoms with E-state index in [0.717, 1.165) is 5.56 Å². The third kappa shape index (κ3) is 2.71. The van der Waals surface area contributed by atoms with Crippen molar-refractivity contribution < 1.29 is 4.42 Å². The van der Waals surface area contributed by atoms with Crippen LogP contribution in [0.4, 0.5) is 6.01 Å². The summed E-state index contributed by atoms with van der Waals surface area (Å²) < 4.78 is 5.19. The lowest BCUT2D eigenvalue weighted by atomic mass is 10.2. The van der Waals surface area contributed by atoms with Crippen LogP contribution in [-0.2, 0) is 13.1 Å². The molecule has 0 spiro atoms. The number of halogens is 1. The summed E-state index contributed by atoms with van der Waals surface area (Å²) in [6.45, 7) is 0.846. The van der Waals surface area contributed by atoms with E-state index in [4.69, 9.17) is 21.8 Å². The molecule has 1 heterocycles. The summed E-state index contributed by atoms with van der Waals surface area (Å²) in [5, 5.41) is 11.2. The monoisotopic (exact) mass is 238 g/mol. The Balaban J connectivity index is 1.94. The zero-order valence-electron chi connectivity index (χ0n) is 8.48. The minimum atomic E-state index is 0.246. The number of aromatic nitrogens is 2. The lowest BCUT2D eigenvalue weighted by molar-refractivity contribution is 0.507. The van der Waals surface area contributed by atoms with Gasteiger partial charge < -0.3 is 15.5 Å². The summed E-state index contributed by atoms with van der Waals surface area (Å²) >= 11 is 5.78. The van der Waals surface area contributed by atoms with Gasteiger partial charge in [-0.25, -0.2) is 0 Å². The molecule has 0 bridgehead atoms. The van der Waals surface area contributed by atoms with Crippen molar-refractivity contribution in [1.29, 1.82) is 0 Å². The average molecular weight is 239 g/mol. The van der Waals surface area contributed by atoms with E-state index < -0.39 is 0 Å². The smallest absolute Gasteiger partial charge is 0.315 e. The Hall–Kier alpha value is -1.59. The van der Waals surface area contributed by atoms with Gasteiger partial charge in [-0.05, 0) is 17.7 Å². The van der Waals surface area contributed by atoms with Crippen molar-refractivity contribution in [1.82, 2.24) is 10.2 Å². The second kappa shape index (κ2) is 4.96. The predicted octanol–water partition coefficient (Wildman–Crippen LogP) is 1.79. The van der Waals surface area contributed by atoms with Crippen LogP contribution in [0.3, 0.4) is 0 Å². The molecule has 0 saturated heterocycles. The number of nitrogens with one attached hydrogen (secondary N) is 1. The van der Waals surface area contributed by atoms with Gasteiger partial charge in [-0.1, -0.05) is 28.8 Å². The fraction of sp³-hybridized carbons (Fsp3) is 0.200. The van der Waals surface area contributed by atoms with Gasteiger partial charge in [0.2, 0.25) is 5.89 Å². The van der Waals surface area contributed by atoms with Crippen molar-refractivity contribution >= 4 is 17.6 Å². The van der Waals surface area contributed by atoms with E-state index in [1.54, 1.807) is 0 Å². The van der Waals surface area contributed by atoms with E-state index in [9.17, 15) is 0 Å². The number of anilines is 1. The number of hydrogen-bond donors (Lipinski definition) is 2. The maximum absolute atomic E-state index is 5.78. The topological polar surface area (TPSA) is 77.0 Å². The summed E-state index contributed by atoms with van der Waals surface area (Å²) in [6.07, 6.45) is 0. The second-order valence-corrected chi connectivity index (χ2v) is 3.62. The van der Waals surface area contributed by atoms with Gasteiger partial charge in [0, 0.05) is 11.6 Å². The molecule has 0 unspecified atom stereocenters. The minimum absolute atomic E-state index is 0.246. The Morgan fingerprint density at radius 2 is 2.00 bits per heavy atom. The van der Waals surface area contributed by atoms with Gasteiger partial charge in [-0.2, -0.15) is 0 Å². The molecule has 2 aromatic rings. The zero-order chi connectivity index (χ0) is 11.4. The standard InChI is InChI=1S/C10H11ClN4O/c11-8-3-1-7(2-4-8)6-13-10-15-14-9(5-12)16-10/h1-4H,5-6,12H2,(H,13,15). The molecule has 6 heteroatoms. The quantitative estimate of drug-likeness (QED) is 0.849. The number of hydrogen-bond acceptors (Lipinski definition) is 5. The van der Waals surface area contributed by atoms with Gasteiger partial charge in [-0.3, -0.25) is 0 Å². The molecule has 5 nitrogen and oxygen atoms in total. The highest BCUT2D eigenvalue weighted by molar-refractivity contribution is 6.30. The largest absolute Gasteiger partial charge is 0.407 e. The molecule has 0 aliphatic heterocycles. The van der Waals surface area contributed by atoms with Crippen LogP contribution in [0, 0.1) is 0 Å². The van der Waals surface area contributed by atoms with Crippen molar-refractivity contribution in [2.24, 2.45) is 5.73 Å². The van der Waals surface area contributed by atoms with Crippen LogP contribution in [0.25, 0.3) is 0 Å². The second-order valence-electron chi connectivity index (χ2n) is 3.19. The van der Waals surface area contributed by atoms with Gasteiger partial charge in [-0.15, -0.1) is 5.10 Å². The van der Waals surface area contributed by atoms with Crippen LogP contribution in [0.15, 0.2) is 28.7 Å². The molecule has 1 aromatic carbocycles. The fourth-order valence-electron chi connectivity index (χ4n) is 1.19. The Morgan fingerprint density at radius 3 is 2.62 bits per heavy atom. The normalized spacial score (nSPS) is 10.4. The maximum atomic E-state index is 5.78. The Morgan fingerprint density at radius 1 is 1.25 bits per heavy atom. The summed E-state index contributed by atoms with van der Waals surface area (Å²) in [4.78, 5) is 0. The number of nitrogens with two attached hydrogens (primary N) is 1. The van der Waals surface area contributed by atoms with E-state index >= 15 is 0 Å². The molecule has 0 aliphatic carbocycles. The molecule has 0 radical (unpaired) electrons. The summed E-state index contributed by atoms with van der Waals surface area (Å²) in [5.41, 5.74) is 6.43. The molecule has 16 heavy (non-hydrogen) atoms. The Kier molecular flexibility index (Phi) is 3.38. The number of nitrogens with zero attached hydrogens (tertiary/aromatic N) is 2. The van der Waals surface area contributed by atoms with Gasteiger partial charge >= 0.3 is 6.01 Å². The maximum Gasteiger partial charge on any atom is 0.315 e. The molecular weight excluding hydrogens is 228 g/mol. The molecule has 0 atom stereocenters. The summed E-state index contributed by atoms with van der Waals surface area (Å²) in [5.74, 6) is 0.415. The fourth-order valence-corrected chi connectivity index (χ4v) is 1.31. The zero-order valence-corrected chi connectivity index (χ0v) is 9.24.